The van der Waals surface area contributed by atoms with Gasteiger partial charge in [0, 0.05) is 25.0 Å². The molecule has 2 fully saturated rings. The maximum absolute atomic E-state index is 12.6. The van der Waals surface area contributed by atoms with E-state index in [1.165, 1.54) is 0 Å². The highest BCUT2D eigenvalue weighted by Crippen LogP contribution is 2.37. The van der Waals surface area contributed by atoms with Gasteiger partial charge in [0.25, 0.3) is 0 Å². The van der Waals surface area contributed by atoms with Crippen molar-refractivity contribution in [3.05, 3.63) is 29.3 Å². The third-order valence-electron chi connectivity index (χ3n) is 5.86. The highest BCUT2D eigenvalue weighted by atomic mass is 32.2. The molecule has 1 saturated carbocycles. The molecular weight excluding hydrogens is 340 g/mol. The van der Waals surface area contributed by atoms with Crippen molar-refractivity contribution in [1.82, 2.24) is 9.62 Å². The van der Waals surface area contributed by atoms with Gasteiger partial charge >= 0.3 is 0 Å². The van der Waals surface area contributed by atoms with E-state index in [-0.39, 0.29) is 23.6 Å². The number of hydrogen-bond acceptors (Lipinski definition) is 4. The third kappa shape index (κ3) is 3.04. The molecule has 0 radical (unpaired) electrons. The SMILES string of the molecule is O=C(C1CCCC1)N1CC(S(=O)(=O)NC2CCc3c(O)cccc32)C1. The molecule has 1 unspecified atom stereocenters. The van der Waals surface area contributed by atoms with E-state index in [0.717, 1.165) is 36.8 Å². The topological polar surface area (TPSA) is 86.7 Å². The minimum Gasteiger partial charge on any atom is -0.508 e. The summed E-state index contributed by atoms with van der Waals surface area (Å²) < 4.78 is 28.1. The maximum Gasteiger partial charge on any atom is 0.225 e. The lowest BCUT2D eigenvalue weighted by molar-refractivity contribution is -0.138. The number of amides is 1. The number of nitrogens with one attached hydrogen (secondary N) is 1. The van der Waals surface area contributed by atoms with Gasteiger partial charge in [-0.2, -0.15) is 0 Å². The van der Waals surface area contributed by atoms with E-state index in [1.54, 1.807) is 17.0 Å². The van der Waals surface area contributed by atoms with Gasteiger partial charge < -0.3 is 10.0 Å². The Bertz CT molecular complexity index is 780. The predicted octanol–water partition coefficient (Wildman–Crippen LogP) is 1.70. The second-order valence-electron chi connectivity index (χ2n) is 7.45. The zero-order chi connectivity index (χ0) is 17.6. The number of phenolic OH excluding ortho intramolecular Hbond substituents is 1. The van der Waals surface area contributed by atoms with E-state index in [0.29, 0.717) is 25.9 Å². The van der Waals surface area contributed by atoms with E-state index in [2.05, 4.69) is 4.72 Å². The van der Waals surface area contributed by atoms with E-state index < -0.39 is 15.3 Å². The summed E-state index contributed by atoms with van der Waals surface area (Å²) in [6.07, 6.45) is 5.40. The van der Waals surface area contributed by atoms with Gasteiger partial charge in [0.1, 0.15) is 11.0 Å². The largest absolute Gasteiger partial charge is 0.508 e. The summed E-state index contributed by atoms with van der Waals surface area (Å²) in [7, 11) is -3.48. The smallest absolute Gasteiger partial charge is 0.225 e. The van der Waals surface area contributed by atoms with Crippen LogP contribution >= 0.6 is 0 Å². The quantitative estimate of drug-likeness (QED) is 0.851. The van der Waals surface area contributed by atoms with Crippen molar-refractivity contribution in [2.45, 2.75) is 49.8 Å². The summed E-state index contributed by atoms with van der Waals surface area (Å²) >= 11 is 0. The number of likely N-dealkylation sites (tertiary alicyclic amines) is 1. The first-order chi connectivity index (χ1) is 12.0. The molecule has 2 N–H and O–H groups in total. The minimum atomic E-state index is -3.48. The lowest BCUT2D eigenvalue weighted by Crippen LogP contribution is -2.60. The van der Waals surface area contributed by atoms with Crippen LogP contribution in [0.25, 0.3) is 0 Å². The van der Waals surface area contributed by atoms with Crippen molar-refractivity contribution in [3.8, 4) is 5.75 Å². The van der Waals surface area contributed by atoms with Crippen molar-refractivity contribution in [1.29, 1.82) is 0 Å². The molecule has 0 aromatic heterocycles. The predicted molar refractivity (Wildman–Crippen MR) is 93.6 cm³/mol. The average Bonchev–Trinajstić information content (AvgIpc) is 3.16. The Morgan fingerprint density at radius 2 is 1.88 bits per heavy atom. The van der Waals surface area contributed by atoms with Crippen LogP contribution in [0.15, 0.2) is 18.2 Å². The Balaban J connectivity index is 1.38. The normalized spacial score (nSPS) is 24.3. The molecule has 0 bridgehead atoms. The Hall–Kier alpha value is -1.60. The van der Waals surface area contributed by atoms with Crippen LogP contribution in [-0.4, -0.2) is 42.7 Å². The van der Waals surface area contributed by atoms with E-state index in [9.17, 15) is 18.3 Å². The first-order valence-electron chi connectivity index (χ1n) is 9.06. The second kappa shape index (κ2) is 6.29. The van der Waals surface area contributed by atoms with Crippen LogP contribution in [0.3, 0.4) is 0 Å². The summed E-state index contributed by atoms with van der Waals surface area (Å²) in [5.41, 5.74) is 1.70. The first-order valence-corrected chi connectivity index (χ1v) is 10.6. The van der Waals surface area contributed by atoms with Crippen molar-refractivity contribution < 1.29 is 18.3 Å². The summed E-state index contributed by atoms with van der Waals surface area (Å²) in [5, 5.41) is 9.36. The van der Waals surface area contributed by atoms with E-state index >= 15 is 0 Å². The number of fused-ring (bicyclic) bond motifs is 1. The molecule has 1 atom stereocenters. The molecule has 1 saturated heterocycles. The summed E-state index contributed by atoms with van der Waals surface area (Å²) in [6, 6.07) is 4.96. The van der Waals surface area contributed by atoms with Crippen molar-refractivity contribution in [3.63, 3.8) is 0 Å². The number of carbonyl (C=O) groups excluding carboxylic acids is 1. The minimum absolute atomic E-state index is 0.0984. The van der Waals surface area contributed by atoms with Gasteiger partial charge in [-0.3, -0.25) is 4.79 Å². The van der Waals surface area contributed by atoms with Gasteiger partial charge in [-0.15, -0.1) is 0 Å². The molecule has 1 amide bonds. The highest BCUT2D eigenvalue weighted by molar-refractivity contribution is 7.90. The Morgan fingerprint density at radius 1 is 1.16 bits per heavy atom. The molecule has 136 valence electrons. The fourth-order valence-corrected chi connectivity index (χ4v) is 5.88. The Kier molecular flexibility index (Phi) is 4.24. The van der Waals surface area contributed by atoms with E-state index in [1.807, 2.05) is 6.07 Å². The molecule has 1 aliphatic heterocycles. The van der Waals surface area contributed by atoms with Gasteiger partial charge in [0.15, 0.2) is 0 Å². The van der Waals surface area contributed by atoms with Gasteiger partial charge in [0.05, 0.1) is 0 Å². The number of rotatable bonds is 4. The lowest BCUT2D eigenvalue weighted by Gasteiger charge is -2.40. The van der Waals surface area contributed by atoms with Crippen LogP contribution in [0.2, 0.25) is 0 Å². The molecule has 3 aliphatic rings. The van der Waals surface area contributed by atoms with Gasteiger partial charge in [0.2, 0.25) is 15.9 Å². The van der Waals surface area contributed by atoms with Crippen LogP contribution < -0.4 is 4.72 Å². The number of hydrogen-bond donors (Lipinski definition) is 2. The fraction of sp³-hybridized carbons (Fsp3) is 0.611. The van der Waals surface area contributed by atoms with E-state index in [4.69, 9.17) is 0 Å². The fourth-order valence-electron chi connectivity index (χ4n) is 4.30. The molecule has 2 aliphatic carbocycles. The zero-order valence-electron chi connectivity index (χ0n) is 14.1. The van der Waals surface area contributed by atoms with Gasteiger partial charge in [-0.05, 0) is 42.9 Å². The standard InChI is InChI=1S/C18H24N2O4S/c21-17-7-3-6-14-15(17)8-9-16(14)19-25(23,24)13-10-20(11-13)18(22)12-4-1-2-5-12/h3,6-7,12-13,16,19,21H,1-2,4-5,8-11H2. The van der Waals surface area contributed by atoms with Crippen LogP contribution in [0.5, 0.6) is 5.75 Å². The molecule has 6 nitrogen and oxygen atoms in total. The van der Waals surface area contributed by atoms with Gasteiger partial charge in [-0.25, -0.2) is 13.1 Å². The van der Waals surface area contributed by atoms with Crippen molar-refractivity contribution in [2.75, 3.05) is 13.1 Å². The highest BCUT2D eigenvalue weighted by Gasteiger charge is 2.43. The van der Waals surface area contributed by atoms with Gasteiger partial charge in [-0.1, -0.05) is 25.0 Å². The Morgan fingerprint density at radius 3 is 2.60 bits per heavy atom. The number of benzene rings is 1. The molecule has 4 rings (SSSR count). The number of carbonyl (C=O) groups is 1. The molecule has 1 aromatic carbocycles. The average molecular weight is 364 g/mol. The van der Waals surface area contributed by atoms with Crippen LogP contribution in [0.4, 0.5) is 0 Å². The third-order valence-corrected chi connectivity index (χ3v) is 7.64. The van der Waals surface area contributed by atoms with Crippen LogP contribution in [-0.2, 0) is 21.2 Å². The van der Waals surface area contributed by atoms with Crippen LogP contribution in [0.1, 0.15) is 49.3 Å². The lowest BCUT2D eigenvalue weighted by atomic mass is 10.0. The molecule has 1 heterocycles. The monoisotopic (exact) mass is 364 g/mol. The number of sulfonamides is 1. The second-order valence-corrected chi connectivity index (χ2v) is 9.44. The molecule has 25 heavy (non-hydrogen) atoms. The first kappa shape index (κ1) is 16.8. The van der Waals surface area contributed by atoms with Crippen molar-refractivity contribution in [2.24, 2.45) is 5.92 Å². The van der Waals surface area contributed by atoms with Crippen molar-refractivity contribution >= 4 is 15.9 Å². The molecule has 0 spiro atoms. The summed E-state index contributed by atoms with van der Waals surface area (Å²) in [6.45, 7) is 0.592. The Labute approximate surface area is 148 Å². The number of phenols is 1. The molecular formula is C18H24N2O4S. The summed E-state index contributed by atoms with van der Waals surface area (Å²) in [4.78, 5) is 14.0. The summed E-state index contributed by atoms with van der Waals surface area (Å²) in [5.74, 6) is 0.456. The molecule has 1 aromatic rings. The van der Waals surface area contributed by atoms with Crippen LogP contribution in [0, 0.1) is 5.92 Å². The zero-order valence-corrected chi connectivity index (χ0v) is 15.0. The number of aromatic hydroxyl groups is 1. The maximum atomic E-state index is 12.6. The number of nitrogens with zero attached hydrogens (tertiary/aromatic N) is 1. The molecule has 7 heteroatoms.